The lowest BCUT2D eigenvalue weighted by Gasteiger charge is -2.37. The summed E-state index contributed by atoms with van der Waals surface area (Å²) in [4.78, 5) is 8.89. The largest absolute Gasteiger partial charge is 0.392 e. The first-order chi connectivity index (χ1) is 10.7. The van der Waals surface area contributed by atoms with E-state index in [2.05, 4.69) is 20.9 Å². The van der Waals surface area contributed by atoms with Crippen LogP contribution in [0.15, 0.2) is 30.5 Å². The molecule has 0 unspecified atom stereocenters. The number of nitrogens with zero attached hydrogens (tertiary/aromatic N) is 4. The van der Waals surface area contributed by atoms with Gasteiger partial charge >= 0.3 is 0 Å². The standard InChI is InChI=1S/C17H20N4O/c1-13(22)12-20-6-8-21(9-7-20)17-14(10-18)11-19-16-5-3-2-4-15(16)17/h2-5,11,13,22H,6-9,12H2,1H3/t13-/m1/s1. The minimum Gasteiger partial charge on any atom is -0.392 e. The molecule has 1 atom stereocenters. The summed E-state index contributed by atoms with van der Waals surface area (Å²) in [6.07, 6.45) is 1.36. The second-order valence-electron chi connectivity index (χ2n) is 5.79. The third-order valence-corrected chi connectivity index (χ3v) is 4.08. The van der Waals surface area contributed by atoms with Gasteiger partial charge in [-0.3, -0.25) is 9.88 Å². The highest BCUT2D eigenvalue weighted by molar-refractivity contribution is 5.94. The van der Waals surface area contributed by atoms with Crippen molar-refractivity contribution >= 4 is 16.6 Å². The first-order valence-corrected chi connectivity index (χ1v) is 7.62. The summed E-state index contributed by atoms with van der Waals surface area (Å²) in [6.45, 7) is 6.02. The van der Waals surface area contributed by atoms with Gasteiger partial charge in [0.05, 0.1) is 22.9 Å². The van der Waals surface area contributed by atoms with Crippen molar-refractivity contribution in [2.75, 3.05) is 37.6 Å². The van der Waals surface area contributed by atoms with Crippen LogP contribution < -0.4 is 4.90 Å². The Bertz CT molecular complexity index is 699. The summed E-state index contributed by atoms with van der Waals surface area (Å²) >= 11 is 0. The van der Waals surface area contributed by atoms with E-state index in [-0.39, 0.29) is 6.10 Å². The van der Waals surface area contributed by atoms with Gasteiger partial charge in [-0.15, -0.1) is 0 Å². The number of fused-ring (bicyclic) bond motifs is 1. The molecule has 1 aromatic heterocycles. The van der Waals surface area contributed by atoms with Crippen molar-refractivity contribution in [1.82, 2.24) is 9.88 Å². The molecule has 0 spiro atoms. The van der Waals surface area contributed by atoms with Crippen molar-refractivity contribution in [1.29, 1.82) is 5.26 Å². The van der Waals surface area contributed by atoms with E-state index in [4.69, 9.17) is 0 Å². The number of piperazine rings is 1. The van der Waals surface area contributed by atoms with E-state index in [1.54, 1.807) is 6.20 Å². The summed E-state index contributed by atoms with van der Waals surface area (Å²) in [5.41, 5.74) is 2.54. The van der Waals surface area contributed by atoms with Gasteiger partial charge in [-0.05, 0) is 13.0 Å². The Kier molecular flexibility index (Phi) is 4.23. The lowest BCUT2D eigenvalue weighted by molar-refractivity contribution is 0.123. The van der Waals surface area contributed by atoms with E-state index in [0.717, 1.165) is 42.8 Å². The molecule has 0 aliphatic carbocycles. The van der Waals surface area contributed by atoms with Crippen molar-refractivity contribution in [2.45, 2.75) is 13.0 Å². The van der Waals surface area contributed by atoms with Gasteiger partial charge in [0, 0.05) is 44.3 Å². The van der Waals surface area contributed by atoms with Gasteiger partial charge in [0.15, 0.2) is 0 Å². The number of para-hydroxylation sites is 1. The van der Waals surface area contributed by atoms with Gasteiger partial charge in [-0.1, -0.05) is 18.2 Å². The molecule has 2 aromatic rings. The molecule has 22 heavy (non-hydrogen) atoms. The fraction of sp³-hybridized carbons (Fsp3) is 0.412. The molecule has 5 heteroatoms. The molecule has 1 saturated heterocycles. The highest BCUT2D eigenvalue weighted by Gasteiger charge is 2.22. The predicted octanol–water partition coefficient (Wildman–Crippen LogP) is 1.61. The van der Waals surface area contributed by atoms with Crippen LogP contribution in [0.4, 0.5) is 5.69 Å². The number of aliphatic hydroxyl groups excluding tert-OH is 1. The van der Waals surface area contributed by atoms with E-state index in [0.29, 0.717) is 12.1 Å². The van der Waals surface area contributed by atoms with Crippen LogP contribution in [0.1, 0.15) is 12.5 Å². The predicted molar refractivity (Wildman–Crippen MR) is 86.8 cm³/mol. The van der Waals surface area contributed by atoms with Crippen LogP contribution in [0, 0.1) is 11.3 Å². The monoisotopic (exact) mass is 296 g/mol. The second-order valence-corrected chi connectivity index (χ2v) is 5.79. The highest BCUT2D eigenvalue weighted by Crippen LogP contribution is 2.29. The maximum Gasteiger partial charge on any atom is 0.103 e. The zero-order valence-corrected chi connectivity index (χ0v) is 12.7. The number of benzene rings is 1. The van der Waals surface area contributed by atoms with Crippen molar-refractivity contribution in [2.24, 2.45) is 0 Å². The molecular formula is C17H20N4O. The van der Waals surface area contributed by atoms with Crippen LogP contribution in [0.3, 0.4) is 0 Å². The third kappa shape index (κ3) is 2.89. The lowest BCUT2D eigenvalue weighted by Crippen LogP contribution is -2.48. The molecule has 1 fully saturated rings. The Morgan fingerprint density at radius 3 is 2.68 bits per heavy atom. The van der Waals surface area contributed by atoms with E-state index in [9.17, 15) is 10.4 Å². The number of hydrogen-bond acceptors (Lipinski definition) is 5. The van der Waals surface area contributed by atoms with Gasteiger partial charge in [0.25, 0.3) is 0 Å². The summed E-state index contributed by atoms with van der Waals surface area (Å²) in [5, 5.41) is 20.0. The number of pyridine rings is 1. The van der Waals surface area contributed by atoms with Gasteiger partial charge in [0.1, 0.15) is 6.07 Å². The Morgan fingerprint density at radius 1 is 1.27 bits per heavy atom. The number of anilines is 1. The summed E-state index contributed by atoms with van der Waals surface area (Å²) in [5.74, 6) is 0. The summed E-state index contributed by atoms with van der Waals surface area (Å²) < 4.78 is 0. The Hall–Kier alpha value is -2.16. The zero-order valence-electron chi connectivity index (χ0n) is 12.7. The number of aromatic nitrogens is 1. The van der Waals surface area contributed by atoms with Crippen LogP contribution in [-0.2, 0) is 0 Å². The normalized spacial score (nSPS) is 17.4. The molecular weight excluding hydrogens is 276 g/mol. The summed E-state index contributed by atoms with van der Waals surface area (Å²) in [7, 11) is 0. The Morgan fingerprint density at radius 2 is 2.00 bits per heavy atom. The number of hydrogen-bond donors (Lipinski definition) is 1. The van der Waals surface area contributed by atoms with Gasteiger partial charge in [-0.2, -0.15) is 5.26 Å². The molecule has 1 aromatic carbocycles. The van der Waals surface area contributed by atoms with E-state index in [1.165, 1.54) is 0 Å². The zero-order chi connectivity index (χ0) is 15.5. The average Bonchev–Trinajstić information content (AvgIpc) is 2.54. The van der Waals surface area contributed by atoms with Crippen LogP contribution >= 0.6 is 0 Å². The van der Waals surface area contributed by atoms with E-state index >= 15 is 0 Å². The quantitative estimate of drug-likeness (QED) is 0.932. The minimum absolute atomic E-state index is 0.303. The third-order valence-electron chi connectivity index (χ3n) is 4.08. The van der Waals surface area contributed by atoms with Gasteiger partial charge < -0.3 is 10.0 Å². The van der Waals surface area contributed by atoms with Crippen molar-refractivity contribution < 1.29 is 5.11 Å². The SMILES string of the molecule is C[C@@H](O)CN1CCN(c2c(C#N)cnc3ccccc23)CC1. The lowest BCUT2D eigenvalue weighted by atomic mass is 10.1. The molecule has 114 valence electrons. The van der Waals surface area contributed by atoms with Gasteiger partial charge in [-0.25, -0.2) is 0 Å². The van der Waals surface area contributed by atoms with Crippen molar-refractivity contribution in [3.05, 3.63) is 36.0 Å². The number of rotatable bonds is 3. The fourth-order valence-corrected chi connectivity index (χ4v) is 3.08. The first kappa shape index (κ1) is 14.8. The van der Waals surface area contributed by atoms with Crippen molar-refractivity contribution in [3.63, 3.8) is 0 Å². The van der Waals surface area contributed by atoms with Crippen molar-refractivity contribution in [3.8, 4) is 6.07 Å². The molecule has 0 saturated carbocycles. The molecule has 1 aliphatic heterocycles. The van der Waals surface area contributed by atoms with Crippen LogP contribution in [-0.4, -0.2) is 53.8 Å². The molecule has 5 nitrogen and oxygen atoms in total. The Labute approximate surface area is 130 Å². The van der Waals surface area contributed by atoms with Crippen LogP contribution in [0.5, 0.6) is 0 Å². The molecule has 0 radical (unpaired) electrons. The number of β-amino-alcohol motifs (C(OH)–C–C–N with tert-alkyl or cyclic N) is 1. The molecule has 1 aliphatic rings. The van der Waals surface area contributed by atoms with Crippen LogP contribution in [0.2, 0.25) is 0 Å². The molecule has 0 amide bonds. The topological polar surface area (TPSA) is 63.4 Å². The maximum atomic E-state index is 9.50. The van der Waals surface area contributed by atoms with E-state index < -0.39 is 0 Å². The number of nitriles is 1. The Balaban J connectivity index is 1.89. The molecule has 2 heterocycles. The summed E-state index contributed by atoms with van der Waals surface area (Å²) in [6, 6.07) is 10.2. The molecule has 3 rings (SSSR count). The number of aliphatic hydroxyl groups is 1. The highest BCUT2D eigenvalue weighted by atomic mass is 16.3. The molecule has 1 N–H and O–H groups in total. The minimum atomic E-state index is -0.303. The fourth-order valence-electron chi connectivity index (χ4n) is 3.08. The van der Waals surface area contributed by atoms with E-state index in [1.807, 2.05) is 31.2 Å². The maximum absolute atomic E-state index is 9.50. The first-order valence-electron chi connectivity index (χ1n) is 7.62. The molecule has 0 bridgehead atoms. The van der Waals surface area contributed by atoms with Crippen LogP contribution in [0.25, 0.3) is 10.9 Å². The average molecular weight is 296 g/mol. The smallest absolute Gasteiger partial charge is 0.103 e. The second kappa shape index (κ2) is 6.30. The van der Waals surface area contributed by atoms with Gasteiger partial charge in [0.2, 0.25) is 0 Å².